The van der Waals surface area contributed by atoms with Crippen LogP contribution in [0.3, 0.4) is 0 Å². The van der Waals surface area contributed by atoms with Gasteiger partial charge in [0.1, 0.15) is 17.6 Å². The molecule has 78 valence electrons. The lowest BCUT2D eigenvalue weighted by atomic mass is 10.2. The Labute approximate surface area is 99.7 Å². The minimum absolute atomic E-state index is 0.251. The number of halogens is 2. The number of aromatic nitrogens is 2. The molecule has 0 amide bonds. The van der Waals surface area contributed by atoms with Gasteiger partial charge in [0.05, 0.1) is 0 Å². The van der Waals surface area contributed by atoms with Crippen molar-refractivity contribution in [1.29, 1.82) is 5.26 Å². The molecule has 1 heterocycles. The van der Waals surface area contributed by atoms with Gasteiger partial charge in [-0.1, -0.05) is 15.9 Å². The van der Waals surface area contributed by atoms with Gasteiger partial charge in [0.15, 0.2) is 5.82 Å². The third-order valence-corrected chi connectivity index (χ3v) is 2.63. The predicted octanol–water partition coefficient (Wildman–Crippen LogP) is 2.92. The Balaban J connectivity index is 2.58. The van der Waals surface area contributed by atoms with Crippen LogP contribution in [-0.2, 0) is 0 Å². The van der Waals surface area contributed by atoms with E-state index in [4.69, 9.17) is 5.26 Å². The topological polar surface area (TPSA) is 49.6 Å². The molecule has 0 saturated heterocycles. The smallest absolute Gasteiger partial charge is 0.161 e. The molecule has 0 unspecified atom stereocenters. The van der Waals surface area contributed by atoms with Gasteiger partial charge in [-0.2, -0.15) is 5.26 Å². The van der Waals surface area contributed by atoms with E-state index in [1.807, 2.05) is 6.07 Å². The fourth-order valence-electron chi connectivity index (χ4n) is 1.22. The second-order valence-electron chi connectivity index (χ2n) is 3.00. The van der Waals surface area contributed by atoms with Gasteiger partial charge < -0.3 is 0 Å². The molecule has 0 aliphatic rings. The first-order chi connectivity index (χ1) is 7.70. The van der Waals surface area contributed by atoms with Crippen molar-refractivity contribution in [3.8, 4) is 17.5 Å². The molecule has 0 fully saturated rings. The maximum atomic E-state index is 13.1. The average molecular weight is 278 g/mol. The molecule has 3 nitrogen and oxygen atoms in total. The highest BCUT2D eigenvalue weighted by Gasteiger charge is 2.08. The zero-order valence-corrected chi connectivity index (χ0v) is 9.57. The predicted molar refractivity (Wildman–Crippen MR) is 59.8 cm³/mol. The highest BCUT2D eigenvalue weighted by Crippen LogP contribution is 2.26. The van der Waals surface area contributed by atoms with E-state index < -0.39 is 0 Å². The molecule has 2 rings (SSSR count). The second-order valence-corrected chi connectivity index (χ2v) is 3.86. The van der Waals surface area contributed by atoms with Crippen LogP contribution in [0.5, 0.6) is 0 Å². The number of nitriles is 1. The van der Waals surface area contributed by atoms with Crippen LogP contribution in [0.15, 0.2) is 34.9 Å². The minimum Gasteiger partial charge on any atom is -0.236 e. The minimum atomic E-state index is -0.371. The van der Waals surface area contributed by atoms with Crippen molar-refractivity contribution in [2.45, 2.75) is 0 Å². The van der Waals surface area contributed by atoms with Crippen molar-refractivity contribution < 1.29 is 4.39 Å². The van der Waals surface area contributed by atoms with Crippen molar-refractivity contribution >= 4 is 15.9 Å². The van der Waals surface area contributed by atoms with Crippen molar-refractivity contribution in [3.05, 3.63) is 46.4 Å². The zero-order valence-electron chi connectivity index (χ0n) is 7.98. The first-order valence-corrected chi connectivity index (χ1v) is 5.18. The Morgan fingerprint density at radius 1 is 1.31 bits per heavy atom. The molecule has 0 aliphatic carbocycles. The molecule has 2 aromatic rings. The SMILES string of the molecule is N#Cc1ccnc(-c2cc(F)ccc2Br)n1. The average Bonchev–Trinajstić information content (AvgIpc) is 2.32. The summed E-state index contributed by atoms with van der Waals surface area (Å²) in [7, 11) is 0. The summed E-state index contributed by atoms with van der Waals surface area (Å²) in [5, 5.41) is 8.71. The highest BCUT2D eigenvalue weighted by molar-refractivity contribution is 9.10. The summed E-state index contributed by atoms with van der Waals surface area (Å²) in [6, 6.07) is 7.64. The second kappa shape index (κ2) is 4.37. The van der Waals surface area contributed by atoms with Gasteiger partial charge in [0, 0.05) is 16.2 Å². The Bertz CT molecular complexity index is 578. The maximum absolute atomic E-state index is 13.1. The van der Waals surface area contributed by atoms with E-state index in [0.29, 0.717) is 15.9 Å². The van der Waals surface area contributed by atoms with E-state index in [1.54, 1.807) is 6.07 Å². The molecule has 0 spiro atoms. The number of nitrogens with zero attached hydrogens (tertiary/aromatic N) is 3. The van der Waals surface area contributed by atoms with Gasteiger partial charge in [-0.3, -0.25) is 0 Å². The van der Waals surface area contributed by atoms with E-state index in [0.717, 1.165) is 0 Å². The lowest BCUT2D eigenvalue weighted by Gasteiger charge is -2.02. The first-order valence-electron chi connectivity index (χ1n) is 4.39. The fraction of sp³-hybridized carbons (Fsp3) is 0. The number of hydrogen-bond donors (Lipinski definition) is 0. The van der Waals surface area contributed by atoms with Crippen LogP contribution >= 0.6 is 15.9 Å². The van der Waals surface area contributed by atoms with Gasteiger partial charge in [-0.15, -0.1) is 0 Å². The van der Waals surface area contributed by atoms with Crippen LogP contribution in [0, 0.1) is 17.1 Å². The molecular weight excluding hydrogens is 273 g/mol. The van der Waals surface area contributed by atoms with Crippen LogP contribution in [0.25, 0.3) is 11.4 Å². The van der Waals surface area contributed by atoms with Crippen LogP contribution in [0.2, 0.25) is 0 Å². The molecule has 16 heavy (non-hydrogen) atoms. The Morgan fingerprint density at radius 3 is 2.88 bits per heavy atom. The summed E-state index contributed by atoms with van der Waals surface area (Å²) in [6.45, 7) is 0. The Morgan fingerprint density at radius 2 is 2.12 bits per heavy atom. The van der Waals surface area contributed by atoms with Gasteiger partial charge >= 0.3 is 0 Å². The molecule has 0 radical (unpaired) electrons. The molecule has 1 aromatic carbocycles. The van der Waals surface area contributed by atoms with Crippen molar-refractivity contribution in [2.24, 2.45) is 0 Å². The third-order valence-electron chi connectivity index (χ3n) is 1.94. The van der Waals surface area contributed by atoms with Crippen LogP contribution < -0.4 is 0 Å². The quantitative estimate of drug-likeness (QED) is 0.805. The van der Waals surface area contributed by atoms with Gasteiger partial charge in [0.2, 0.25) is 0 Å². The molecule has 0 saturated carbocycles. The largest absolute Gasteiger partial charge is 0.236 e. The van der Waals surface area contributed by atoms with E-state index in [1.165, 1.54) is 24.4 Å². The highest BCUT2D eigenvalue weighted by atomic mass is 79.9. The summed E-state index contributed by atoms with van der Waals surface area (Å²) < 4.78 is 13.8. The van der Waals surface area contributed by atoms with Gasteiger partial charge in [-0.25, -0.2) is 14.4 Å². The van der Waals surface area contributed by atoms with E-state index >= 15 is 0 Å². The lowest BCUT2D eigenvalue weighted by molar-refractivity contribution is 0.628. The van der Waals surface area contributed by atoms with Crippen LogP contribution in [-0.4, -0.2) is 9.97 Å². The van der Waals surface area contributed by atoms with E-state index in [-0.39, 0.29) is 11.5 Å². The lowest BCUT2D eigenvalue weighted by Crippen LogP contribution is -1.92. The summed E-state index contributed by atoms with van der Waals surface area (Å²) in [6.07, 6.45) is 1.47. The molecule has 0 bridgehead atoms. The monoisotopic (exact) mass is 277 g/mol. The number of rotatable bonds is 1. The van der Waals surface area contributed by atoms with Gasteiger partial charge in [-0.05, 0) is 24.3 Å². The van der Waals surface area contributed by atoms with Crippen molar-refractivity contribution in [2.75, 3.05) is 0 Å². The number of benzene rings is 1. The summed E-state index contributed by atoms with van der Waals surface area (Å²) in [5.74, 6) is -0.0467. The molecule has 0 atom stereocenters. The van der Waals surface area contributed by atoms with Crippen molar-refractivity contribution in [1.82, 2.24) is 9.97 Å². The summed E-state index contributed by atoms with van der Waals surface area (Å²) in [4.78, 5) is 8.00. The third kappa shape index (κ3) is 2.07. The molecule has 5 heteroatoms. The van der Waals surface area contributed by atoms with Gasteiger partial charge in [0.25, 0.3) is 0 Å². The zero-order chi connectivity index (χ0) is 11.5. The Kier molecular flexibility index (Phi) is 2.93. The van der Waals surface area contributed by atoms with E-state index in [9.17, 15) is 4.39 Å². The summed E-state index contributed by atoms with van der Waals surface area (Å²) >= 11 is 3.28. The fourth-order valence-corrected chi connectivity index (χ4v) is 1.64. The summed E-state index contributed by atoms with van der Waals surface area (Å²) in [5.41, 5.74) is 0.776. The van der Waals surface area contributed by atoms with Crippen LogP contribution in [0.4, 0.5) is 4.39 Å². The molecule has 1 aromatic heterocycles. The molecule has 0 aliphatic heterocycles. The molecular formula is C11H5BrFN3. The number of hydrogen-bond acceptors (Lipinski definition) is 3. The van der Waals surface area contributed by atoms with Crippen LogP contribution in [0.1, 0.15) is 5.69 Å². The van der Waals surface area contributed by atoms with Crippen molar-refractivity contribution in [3.63, 3.8) is 0 Å². The molecule has 0 N–H and O–H groups in total. The first kappa shape index (κ1) is 10.7. The standard InChI is InChI=1S/C11H5BrFN3/c12-10-2-1-7(13)5-9(10)11-15-4-3-8(6-14)16-11/h1-5H. The maximum Gasteiger partial charge on any atom is 0.161 e. The Hall–Kier alpha value is -1.80. The normalized spacial score (nSPS) is 9.81. The van der Waals surface area contributed by atoms with E-state index in [2.05, 4.69) is 25.9 Å².